The van der Waals surface area contributed by atoms with Crippen LogP contribution in [0.25, 0.3) is 11.5 Å². The summed E-state index contributed by atoms with van der Waals surface area (Å²) in [5, 5.41) is 6.88. The fourth-order valence-corrected chi connectivity index (χ4v) is 3.57. The van der Waals surface area contributed by atoms with Gasteiger partial charge in [-0.15, -0.1) is 0 Å². The molecule has 0 radical (unpaired) electrons. The van der Waals surface area contributed by atoms with Crippen LogP contribution >= 0.6 is 0 Å². The average molecular weight is 385 g/mol. The van der Waals surface area contributed by atoms with Gasteiger partial charge in [0, 0.05) is 25.1 Å². The first-order valence-corrected chi connectivity index (χ1v) is 10.2. The number of benzene rings is 1. The molecular formula is C22H32N4O2. The molecule has 6 heteroatoms. The molecule has 2 aromatic rings. The fraction of sp³-hybridized carbons (Fsp3) is 0.591. The number of aromatic nitrogens is 2. The van der Waals surface area contributed by atoms with Crippen molar-refractivity contribution in [3.8, 4) is 11.5 Å². The maximum absolute atomic E-state index is 12.1. The molecule has 6 nitrogen and oxygen atoms in total. The van der Waals surface area contributed by atoms with E-state index in [1.807, 2.05) is 12.1 Å². The molecular weight excluding hydrogens is 352 g/mol. The van der Waals surface area contributed by atoms with Crippen LogP contribution in [0.4, 0.5) is 0 Å². The predicted molar refractivity (Wildman–Crippen MR) is 110 cm³/mol. The number of hydrogen-bond donors (Lipinski definition) is 1. The zero-order chi connectivity index (χ0) is 20.1. The second kappa shape index (κ2) is 8.86. The minimum absolute atomic E-state index is 0.0270. The number of carbonyl (C=O) groups is 1. The van der Waals surface area contributed by atoms with E-state index in [0.717, 1.165) is 31.1 Å². The van der Waals surface area contributed by atoms with Crippen molar-refractivity contribution in [1.82, 2.24) is 20.4 Å². The van der Waals surface area contributed by atoms with E-state index in [9.17, 15) is 4.79 Å². The molecule has 1 saturated heterocycles. The fourth-order valence-electron chi connectivity index (χ4n) is 3.57. The molecule has 0 spiro atoms. The summed E-state index contributed by atoms with van der Waals surface area (Å²) < 4.78 is 5.35. The summed E-state index contributed by atoms with van der Waals surface area (Å²) in [7, 11) is 0. The number of nitrogens with one attached hydrogen (secondary N) is 1. The van der Waals surface area contributed by atoms with E-state index in [4.69, 9.17) is 4.52 Å². The zero-order valence-electron chi connectivity index (χ0n) is 17.5. The highest BCUT2D eigenvalue weighted by Gasteiger charge is 2.17. The van der Waals surface area contributed by atoms with E-state index in [0.29, 0.717) is 24.7 Å². The Morgan fingerprint density at radius 3 is 2.71 bits per heavy atom. The Bertz CT molecular complexity index is 777. The van der Waals surface area contributed by atoms with Crippen LogP contribution in [0.3, 0.4) is 0 Å². The summed E-state index contributed by atoms with van der Waals surface area (Å²) in [6.07, 6.45) is 3.03. The van der Waals surface area contributed by atoms with Gasteiger partial charge in [-0.25, -0.2) is 0 Å². The van der Waals surface area contributed by atoms with Crippen molar-refractivity contribution < 1.29 is 9.32 Å². The smallest absolute Gasteiger partial charge is 0.257 e. The lowest BCUT2D eigenvalue weighted by Crippen LogP contribution is -2.37. The largest absolute Gasteiger partial charge is 0.349 e. The first-order valence-electron chi connectivity index (χ1n) is 10.2. The van der Waals surface area contributed by atoms with Crippen LogP contribution in [0.5, 0.6) is 0 Å². The van der Waals surface area contributed by atoms with Gasteiger partial charge < -0.3 is 14.7 Å². The summed E-state index contributed by atoms with van der Waals surface area (Å²) >= 11 is 0. The Morgan fingerprint density at radius 1 is 1.29 bits per heavy atom. The van der Waals surface area contributed by atoms with Gasteiger partial charge >= 0.3 is 0 Å². The first kappa shape index (κ1) is 20.5. The lowest BCUT2D eigenvalue weighted by Gasteiger charge is -2.30. The first-order chi connectivity index (χ1) is 13.3. The highest BCUT2D eigenvalue weighted by molar-refractivity contribution is 5.75. The van der Waals surface area contributed by atoms with Gasteiger partial charge in [-0.2, -0.15) is 4.98 Å². The number of amides is 1. The molecule has 1 unspecified atom stereocenters. The minimum Gasteiger partial charge on any atom is -0.349 e. The molecule has 2 heterocycles. The molecule has 152 valence electrons. The van der Waals surface area contributed by atoms with Gasteiger partial charge in [0.1, 0.15) is 0 Å². The molecule has 1 aliphatic heterocycles. The van der Waals surface area contributed by atoms with Gasteiger partial charge in [0.2, 0.25) is 5.91 Å². The summed E-state index contributed by atoms with van der Waals surface area (Å²) in [6.45, 7) is 12.1. The molecule has 3 rings (SSSR count). The third-order valence-electron chi connectivity index (χ3n) is 5.31. The van der Waals surface area contributed by atoms with Crippen LogP contribution in [-0.4, -0.2) is 40.6 Å². The lowest BCUT2D eigenvalue weighted by atomic mass is 9.87. The van der Waals surface area contributed by atoms with Crippen molar-refractivity contribution >= 4 is 5.91 Å². The second-order valence-electron chi connectivity index (χ2n) is 8.92. The summed E-state index contributed by atoms with van der Waals surface area (Å²) in [4.78, 5) is 18.9. The Balaban J connectivity index is 1.47. The molecule has 1 aliphatic rings. The van der Waals surface area contributed by atoms with Gasteiger partial charge in [0.25, 0.3) is 5.89 Å². The van der Waals surface area contributed by atoms with Crippen molar-refractivity contribution in [2.45, 2.75) is 58.9 Å². The van der Waals surface area contributed by atoms with E-state index >= 15 is 0 Å². The number of nitrogens with zero attached hydrogens (tertiary/aromatic N) is 3. The Morgan fingerprint density at radius 2 is 2.04 bits per heavy atom. The number of hydrogen-bond acceptors (Lipinski definition) is 5. The lowest BCUT2D eigenvalue weighted by molar-refractivity contribution is -0.121. The average Bonchev–Trinajstić information content (AvgIpc) is 3.13. The van der Waals surface area contributed by atoms with E-state index in [1.165, 1.54) is 18.4 Å². The van der Waals surface area contributed by atoms with E-state index in [1.54, 1.807) is 0 Å². The van der Waals surface area contributed by atoms with Crippen LogP contribution in [0.1, 0.15) is 58.3 Å². The van der Waals surface area contributed by atoms with Crippen LogP contribution in [0.15, 0.2) is 28.8 Å². The third kappa shape index (κ3) is 5.64. The van der Waals surface area contributed by atoms with Gasteiger partial charge in [-0.1, -0.05) is 45.0 Å². The van der Waals surface area contributed by atoms with E-state index in [-0.39, 0.29) is 11.3 Å². The monoisotopic (exact) mass is 384 g/mol. The van der Waals surface area contributed by atoms with Gasteiger partial charge in [0.05, 0.1) is 6.54 Å². The summed E-state index contributed by atoms with van der Waals surface area (Å²) in [5.41, 5.74) is 2.25. The number of carbonyl (C=O) groups excluding carboxylic acids is 1. The topological polar surface area (TPSA) is 71.3 Å². The summed E-state index contributed by atoms with van der Waals surface area (Å²) in [6, 6.07) is 8.16. The Hall–Kier alpha value is -2.21. The van der Waals surface area contributed by atoms with Crippen molar-refractivity contribution in [3.05, 3.63) is 35.7 Å². The molecule has 1 N–H and O–H groups in total. The van der Waals surface area contributed by atoms with Gasteiger partial charge in [-0.05, 0) is 48.4 Å². The van der Waals surface area contributed by atoms with Gasteiger partial charge in [-0.3, -0.25) is 4.79 Å². The highest BCUT2D eigenvalue weighted by Crippen LogP contribution is 2.25. The third-order valence-corrected chi connectivity index (χ3v) is 5.31. The molecule has 0 aliphatic carbocycles. The van der Waals surface area contributed by atoms with Crippen LogP contribution in [0, 0.1) is 5.92 Å². The quantitative estimate of drug-likeness (QED) is 0.821. The minimum atomic E-state index is 0.0270. The van der Waals surface area contributed by atoms with Crippen molar-refractivity contribution in [2.24, 2.45) is 5.92 Å². The normalized spacial score (nSPS) is 18.2. The molecule has 1 amide bonds. The molecule has 1 fully saturated rings. The maximum atomic E-state index is 12.1. The SMILES string of the molecule is CC1CCCN(CCC(=O)NCc2noc(-c3ccc(C(C)(C)C)cc3)n2)C1. The van der Waals surface area contributed by atoms with Crippen LogP contribution < -0.4 is 5.32 Å². The van der Waals surface area contributed by atoms with Crippen molar-refractivity contribution in [3.63, 3.8) is 0 Å². The highest BCUT2D eigenvalue weighted by atomic mass is 16.5. The molecule has 0 bridgehead atoms. The number of likely N-dealkylation sites (tertiary alicyclic amines) is 1. The molecule has 1 aromatic carbocycles. The molecule has 0 saturated carbocycles. The van der Waals surface area contributed by atoms with Crippen LogP contribution in [-0.2, 0) is 16.8 Å². The predicted octanol–water partition coefficient (Wildman–Crippen LogP) is 3.77. The maximum Gasteiger partial charge on any atom is 0.257 e. The summed E-state index contributed by atoms with van der Waals surface area (Å²) in [5.74, 6) is 1.73. The van der Waals surface area contributed by atoms with Gasteiger partial charge in [0.15, 0.2) is 5.82 Å². The molecule has 28 heavy (non-hydrogen) atoms. The van der Waals surface area contributed by atoms with E-state index in [2.05, 4.69) is 60.2 Å². The molecule has 1 aromatic heterocycles. The molecule has 1 atom stereocenters. The Kier molecular flexibility index (Phi) is 6.50. The zero-order valence-corrected chi connectivity index (χ0v) is 17.5. The number of rotatable bonds is 6. The van der Waals surface area contributed by atoms with Crippen LogP contribution in [0.2, 0.25) is 0 Å². The standard InChI is InChI=1S/C22H32N4O2/c1-16-6-5-12-26(15-16)13-11-20(27)23-14-19-24-21(28-25-19)17-7-9-18(10-8-17)22(2,3)4/h7-10,16H,5-6,11-15H2,1-4H3,(H,23,27). The second-order valence-corrected chi connectivity index (χ2v) is 8.92. The van der Waals surface area contributed by atoms with Crippen molar-refractivity contribution in [1.29, 1.82) is 0 Å². The number of piperidine rings is 1. The van der Waals surface area contributed by atoms with E-state index < -0.39 is 0 Å². The van der Waals surface area contributed by atoms with Crippen molar-refractivity contribution in [2.75, 3.05) is 19.6 Å². The Labute approximate surface area is 167 Å².